The van der Waals surface area contributed by atoms with Gasteiger partial charge in [0.15, 0.2) is 0 Å². The number of likely N-dealkylation sites (N-methyl/N-ethyl adjacent to an activating group) is 1. The molecular weight excluding hydrogens is 234 g/mol. The Morgan fingerprint density at radius 1 is 1.11 bits per heavy atom. The minimum atomic E-state index is -0.171. The van der Waals surface area contributed by atoms with Crippen molar-refractivity contribution in [1.82, 2.24) is 5.32 Å². The number of hydrogen-bond donors (Lipinski definition) is 1. The topological polar surface area (TPSA) is 21.3 Å². The molecule has 0 spiro atoms. The summed E-state index contributed by atoms with van der Waals surface area (Å²) in [4.78, 5) is 0. The predicted octanol–water partition coefficient (Wildman–Crippen LogP) is 4.28. The predicted molar refractivity (Wildman–Crippen MR) is 82.7 cm³/mol. The molecule has 2 unspecified atom stereocenters. The van der Waals surface area contributed by atoms with Gasteiger partial charge in [-0.2, -0.15) is 0 Å². The molecule has 0 fully saturated rings. The second-order valence-corrected chi connectivity index (χ2v) is 5.68. The van der Waals surface area contributed by atoms with Crippen LogP contribution in [0.5, 0.6) is 0 Å². The largest absolute Gasteiger partial charge is 0.377 e. The summed E-state index contributed by atoms with van der Waals surface area (Å²) < 4.78 is 5.77. The average Bonchev–Trinajstić information content (AvgIpc) is 2.44. The van der Waals surface area contributed by atoms with Crippen molar-refractivity contribution >= 4 is 0 Å². The highest BCUT2D eigenvalue weighted by atomic mass is 16.5. The van der Waals surface area contributed by atoms with Crippen molar-refractivity contribution in [3.05, 3.63) is 35.4 Å². The first-order valence-electron chi connectivity index (χ1n) is 7.36. The number of ether oxygens (including phenoxy) is 1. The number of rotatable bonds is 7. The van der Waals surface area contributed by atoms with Crippen LogP contribution in [0.4, 0.5) is 0 Å². The Balaban J connectivity index is 3.05. The molecule has 108 valence electrons. The second kappa shape index (κ2) is 7.06. The highest BCUT2D eigenvalue weighted by molar-refractivity contribution is 5.28. The molecule has 2 heteroatoms. The zero-order valence-corrected chi connectivity index (χ0v) is 13.3. The van der Waals surface area contributed by atoms with Crippen LogP contribution in [0.2, 0.25) is 0 Å². The summed E-state index contributed by atoms with van der Waals surface area (Å²) in [6.07, 6.45) is 0.979. The lowest BCUT2D eigenvalue weighted by atomic mass is 9.86. The summed E-state index contributed by atoms with van der Waals surface area (Å²) in [5, 5.41) is 3.57. The molecule has 0 radical (unpaired) electrons. The van der Waals surface area contributed by atoms with E-state index in [1.54, 1.807) is 7.11 Å². The lowest BCUT2D eigenvalue weighted by Crippen LogP contribution is -2.42. The summed E-state index contributed by atoms with van der Waals surface area (Å²) >= 11 is 0. The van der Waals surface area contributed by atoms with E-state index in [1.807, 2.05) is 0 Å². The van der Waals surface area contributed by atoms with Crippen LogP contribution in [0, 0.1) is 0 Å². The smallest absolute Gasteiger partial charge is 0.0841 e. The molecule has 0 aromatic heterocycles. The lowest BCUT2D eigenvalue weighted by molar-refractivity contribution is -0.0295. The third kappa shape index (κ3) is 3.80. The number of methoxy groups -OCH3 is 1. The van der Waals surface area contributed by atoms with Crippen LogP contribution in [-0.4, -0.2) is 19.3 Å². The van der Waals surface area contributed by atoms with Crippen LogP contribution in [0.15, 0.2) is 24.3 Å². The molecule has 0 aliphatic carbocycles. The van der Waals surface area contributed by atoms with Crippen molar-refractivity contribution in [2.24, 2.45) is 0 Å². The molecular formula is C17H29NO. The molecule has 0 bridgehead atoms. The molecule has 1 N–H and O–H groups in total. The Hall–Kier alpha value is -0.860. The molecule has 1 aromatic carbocycles. The van der Waals surface area contributed by atoms with Gasteiger partial charge in [0.1, 0.15) is 0 Å². The van der Waals surface area contributed by atoms with E-state index < -0.39 is 0 Å². The van der Waals surface area contributed by atoms with Crippen molar-refractivity contribution in [2.75, 3.05) is 13.7 Å². The molecule has 2 atom stereocenters. The Morgan fingerprint density at radius 3 is 2.00 bits per heavy atom. The normalized spacial score (nSPS) is 16.4. The minimum absolute atomic E-state index is 0.171. The van der Waals surface area contributed by atoms with Crippen molar-refractivity contribution in [3.63, 3.8) is 0 Å². The van der Waals surface area contributed by atoms with Gasteiger partial charge in [-0.1, -0.05) is 52.0 Å². The van der Waals surface area contributed by atoms with Crippen molar-refractivity contribution in [1.29, 1.82) is 0 Å². The maximum absolute atomic E-state index is 5.77. The summed E-state index contributed by atoms with van der Waals surface area (Å²) in [5.74, 6) is 0.576. The van der Waals surface area contributed by atoms with E-state index in [1.165, 1.54) is 11.1 Å². The van der Waals surface area contributed by atoms with E-state index in [0.717, 1.165) is 13.0 Å². The van der Waals surface area contributed by atoms with Crippen molar-refractivity contribution in [3.8, 4) is 0 Å². The third-order valence-corrected chi connectivity index (χ3v) is 4.12. The van der Waals surface area contributed by atoms with Crippen LogP contribution in [0.3, 0.4) is 0 Å². The first-order chi connectivity index (χ1) is 8.98. The molecule has 0 amide bonds. The monoisotopic (exact) mass is 263 g/mol. The Morgan fingerprint density at radius 2 is 1.63 bits per heavy atom. The molecule has 1 aromatic rings. The van der Waals surface area contributed by atoms with Crippen LogP contribution in [0.25, 0.3) is 0 Å². The molecule has 0 aliphatic heterocycles. The van der Waals surface area contributed by atoms with E-state index in [4.69, 9.17) is 4.74 Å². The fraction of sp³-hybridized carbons (Fsp3) is 0.647. The van der Waals surface area contributed by atoms with E-state index in [0.29, 0.717) is 5.92 Å². The van der Waals surface area contributed by atoms with Crippen molar-refractivity contribution < 1.29 is 4.74 Å². The lowest BCUT2D eigenvalue weighted by Gasteiger charge is -2.36. The number of nitrogens with one attached hydrogen (secondary N) is 1. The average molecular weight is 263 g/mol. The fourth-order valence-corrected chi connectivity index (χ4v) is 2.43. The van der Waals surface area contributed by atoms with Gasteiger partial charge in [-0.25, -0.2) is 0 Å². The molecule has 0 saturated carbocycles. The highest BCUT2D eigenvalue weighted by Crippen LogP contribution is 2.32. The van der Waals surface area contributed by atoms with E-state index in [2.05, 4.69) is 64.2 Å². The summed E-state index contributed by atoms with van der Waals surface area (Å²) in [6, 6.07) is 9.16. The van der Waals surface area contributed by atoms with Gasteiger partial charge >= 0.3 is 0 Å². The SMILES string of the molecule is CCNC(c1ccc(C(C)C)cc1)C(C)(CC)OC. The van der Waals surface area contributed by atoms with Gasteiger partial charge in [-0.3, -0.25) is 0 Å². The van der Waals surface area contributed by atoms with Gasteiger partial charge < -0.3 is 10.1 Å². The maximum Gasteiger partial charge on any atom is 0.0841 e. The maximum atomic E-state index is 5.77. The zero-order chi connectivity index (χ0) is 14.5. The van der Waals surface area contributed by atoms with Crippen LogP contribution in [0.1, 0.15) is 64.1 Å². The molecule has 19 heavy (non-hydrogen) atoms. The van der Waals surface area contributed by atoms with E-state index in [-0.39, 0.29) is 11.6 Å². The second-order valence-electron chi connectivity index (χ2n) is 5.68. The van der Waals surface area contributed by atoms with Gasteiger partial charge in [0.05, 0.1) is 11.6 Å². The number of benzene rings is 1. The quantitative estimate of drug-likeness (QED) is 0.793. The number of hydrogen-bond acceptors (Lipinski definition) is 2. The van der Waals surface area contributed by atoms with Gasteiger partial charge in [0, 0.05) is 7.11 Å². The summed E-state index contributed by atoms with van der Waals surface area (Å²) in [7, 11) is 1.80. The molecule has 0 heterocycles. The van der Waals surface area contributed by atoms with Gasteiger partial charge in [-0.05, 0) is 36.9 Å². The molecule has 2 nitrogen and oxygen atoms in total. The first kappa shape index (κ1) is 16.2. The first-order valence-corrected chi connectivity index (χ1v) is 7.36. The Kier molecular flexibility index (Phi) is 6.02. The van der Waals surface area contributed by atoms with Gasteiger partial charge in [0.2, 0.25) is 0 Å². The molecule has 0 saturated heterocycles. The molecule has 0 aliphatic rings. The van der Waals surface area contributed by atoms with Crippen LogP contribution >= 0.6 is 0 Å². The van der Waals surface area contributed by atoms with E-state index >= 15 is 0 Å². The van der Waals surface area contributed by atoms with Crippen LogP contribution < -0.4 is 5.32 Å². The van der Waals surface area contributed by atoms with Gasteiger partial charge in [0.25, 0.3) is 0 Å². The zero-order valence-electron chi connectivity index (χ0n) is 13.3. The summed E-state index contributed by atoms with van der Waals surface area (Å²) in [6.45, 7) is 11.9. The standard InChI is InChI=1S/C17H29NO/c1-7-17(5,19-6)16(18-8-2)15-11-9-14(10-12-15)13(3)4/h9-13,16,18H,7-8H2,1-6H3. The van der Waals surface area contributed by atoms with E-state index in [9.17, 15) is 0 Å². The molecule has 1 rings (SSSR count). The van der Waals surface area contributed by atoms with Crippen molar-refractivity contribution in [2.45, 2.75) is 58.6 Å². The summed E-state index contributed by atoms with van der Waals surface area (Å²) in [5.41, 5.74) is 2.52. The Bertz CT molecular complexity index is 365. The Labute approximate surface area is 118 Å². The highest BCUT2D eigenvalue weighted by Gasteiger charge is 2.33. The van der Waals surface area contributed by atoms with Gasteiger partial charge in [-0.15, -0.1) is 0 Å². The van der Waals surface area contributed by atoms with Crippen LogP contribution in [-0.2, 0) is 4.74 Å². The third-order valence-electron chi connectivity index (χ3n) is 4.12. The fourth-order valence-electron chi connectivity index (χ4n) is 2.43. The minimum Gasteiger partial charge on any atom is -0.377 e.